The first-order valence-electron chi connectivity index (χ1n) is 6.89. The highest BCUT2D eigenvalue weighted by molar-refractivity contribution is 5.81. The molecule has 0 bridgehead atoms. The van der Waals surface area contributed by atoms with Crippen molar-refractivity contribution in [3.63, 3.8) is 0 Å². The van der Waals surface area contributed by atoms with Gasteiger partial charge in [-0.3, -0.25) is 4.79 Å². The third kappa shape index (κ3) is 3.24. The van der Waals surface area contributed by atoms with Gasteiger partial charge in [0, 0.05) is 0 Å². The molecule has 0 fully saturated rings. The van der Waals surface area contributed by atoms with Crippen molar-refractivity contribution in [3.05, 3.63) is 65.2 Å². The van der Waals surface area contributed by atoms with E-state index in [1.807, 2.05) is 55.5 Å². The maximum absolute atomic E-state index is 11.8. The van der Waals surface area contributed by atoms with Crippen LogP contribution in [0.1, 0.15) is 23.6 Å². The van der Waals surface area contributed by atoms with Crippen LogP contribution < -0.4 is 4.74 Å². The smallest absolute Gasteiger partial charge is 0.314 e. The molecule has 2 aromatic carbocycles. The fourth-order valence-electron chi connectivity index (χ4n) is 2.44. The minimum atomic E-state index is -0.944. The van der Waals surface area contributed by atoms with Crippen molar-refractivity contribution in [1.82, 2.24) is 0 Å². The van der Waals surface area contributed by atoms with Gasteiger partial charge in [0.25, 0.3) is 0 Å². The molecule has 0 aliphatic carbocycles. The molecule has 110 valence electrons. The molecule has 0 saturated heterocycles. The van der Waals surface area contributed by atoms with Gasteiger partial charge in [-0.15, -0.1) is 0 Å². The largest absolute Gasteiger partial charge is 0.497 e. The lowest BCUT2D eigenvalue weighted by atomic mass is 9.77. The van der Waals surface area contributed by atoms with Crippen molar-refractivity contribution in [2.45, 2.75) is 25.7 Å². The number of hydrogen-bond acceptors (Lipinski definition) is 2. The second-order valence-corrected chi connectivity index (χ2v) is 5.53. The number of methoxy groups -OCH3 is 1. The van der Waals surface area contributed by atoms with Crippen molar-refractivity contribution >= 4 is 5.97 Å². The van der Waals surface area contributed by atoms with E-state index < -0.39 is 11.4 Å². The summed E-state index contributed by atoms with van der Waals surface area (Å²) >= 11 is 0. The third-order valence-corrected chi connectivity index (χ3v) is 3.84. The molecule has 0 heterocycles. The zero-order valence-corrected chi connectivity index (χ0v) is 12.6. The molecule has 0 aliphatic rings. The molecule has 1 unspecified atom stereocenters. The molecule has 21 heavy (non-hydrogen) atoms. The molecule has 0 aliphatic heterocycles. The number of ether oxygens (including phenoxy) is 1. The molecule has 0 aromatic heterocycles. The van der Waals surface area contributed by atoms with Crippen molar-refractivity contribution in [2.24, 2.45) is 0 Å². The number of hydrogen-bond donors (Lipinski definition) is 1. The monoisotopic (exact) mass is 284 g/mol. The number of benzene rings is 2. The van der Waals surface area contributed by atoms with E-state index >= 15 is 0 Å². The molecular weight excluding hydrogens is 264 g/mol. The maximum Gasteiger partial charge on any atom is 0.314 e. The van der Waals surface area contributed by atoms with E-state index in [9.17, 15) is 9.90 Å². The number of carboxylic acid groups (broad SMARTS) is 1. The van der Waals surface area contributed by atoms with Gasteiger partial charge in [0.15, 0.2) is 0 Å². The topological polar surface area (TPSA) is 46.5 Å². The molecule has 1 N–H and O–H groups in total. The van der Waals surface area contributed by atoms with Gasteiger partial charge >= 0.3 is 5.97 Å². The van der Waals surface area contributed by atoms with Crippen LogP contribution in [0.15, 0.2) is 48.5 Å². The lowest BCUT2D eigenvalue weighted by molar-refractivity contribution is -0.143. The van der Waals surface area contributed by atoms with Crippen LogP contribution in [0.4, 0.5) is 0 Å². The summed E-state index contributed by atoms with van der Waals surface area (Å²) in [6.07, 6.45) is 0.440. The van der Waals surface area contributed by atoms with E-state index in [2.05, 4.69) is 0 Å². The Morgan fingerprint density at radius 2 is 1.86 bits per heavy atom. The van der Waals surface area contributed by atoms with Crippen LogP contribution in [0.5, 0.6) is 5.75 Å². The van der Waals surface area contributed by atoms with Crippen LogP contribution in [0.25, 0.3) is 0 Å². The molecule has 3 heteroatoms. The average molecular weight is 284 g/mol. The number of aryl methyl sites for hydroxylation is 1. The Hall–Kier alpha value is -2.29. The number of carboxylic acids is 1. The minimum Gasteiger partial charge on any atom is -0.497 e. The zero-order chi connectivity index (χ0) is 15.5. The normalized spacial score (nSPS) is 13.5. The molecule has 2 aromatic rings. The van der Waals surface area contributed by atoms with Crippen LogP contribution in [-0.2, 0) is 16.6 Å². The van der Waals surface area contributed by atoms with Gasteiger partial charge in [-0.1, -0.05) is 42.0 Å². The predicted molar refractivity (Wildman–Crippen MR) is 82.9 cm³/mol. The van der Waals surface area contributed by atoms with Crippen molar-refractivity contribution in [3.8, 4) is 5.75 Å². The fraction of sp³-hybridized carbons (Fsp3) is 0.278. The summed E-state index contributed by atoms with van der Waals surface area (Å²) in [5.74, 6) is -0.0461. The first kappa shape index (κ1) is 15.1. The molecule has 2 rings (SSSR count). The first-order valence-corrected chi connectivity index (χ1v) is 6.89. The molecule has 0 saturated carbocycles. The molecule has 3 nitrogen and oxygen atoms in total. The second-order valence-electron chi connectivity index (χ2n) is 5.53. The van der Waals surface area contributed by atoms with E-state index in [0.29, 0.717) is 6.42 Å². The highest BCUT2D eigenvalue weighted by Gasteiger charge is 2.35. The Morgan fingerprint density at radius 1 is 1.19 bits per heavy atom. The van der Waals surface area contributed by atoms with Gasteiger partial charge in [0.2, 0.25) is 0 Å². The summed E-state index contributed by atoms with van der Waals surface area (Å²) in [5.41, 5.74) is 1.92. The number of aliphatic carboxylic acids is 1. The van der Waals surface area contributed by atoms with Crippen LogP contribution in [0.2, 0.25) is 0 Å². The summed E-state index contributed by atoms with van der Waals surface area (Å²) in [6.45, 7) is 3.74. The van der Waals surface area contributed by atoms with Crippen LogP contribution in [0, 0.1) is 6.92 Å². The first-order chi connectivity index (χ1) is 9.95. The molecule has 1 atom stereocenters. The highest BCUT2D eigenvalue weighted by atomic mass is 16.5. The minimum absolute atomic E-state index is 0.440. The van der Waals surface area contributed by atoms with Crippen molar-refractivity contribution in [1.29, 1.82) is 0 Å². The SMILES string of the molecule is COc1ccc(CC(C)(C(=O)O)c2cccc(C)c2)cc1. The molecule has 0 spiro atoms. The Labute approximate surface area is 125 Å². The Morgan fingerprint density at radius 3 is 2.38 bits per heavy atom. The lowest BCUT2D eigenvalue weighted by Crippen LogP contribution is -2.34. The van der Waals surface area contributed by atoms with E-state index in [1.54, 1.807) is 14.0 Å². The third-order valence-electron chi connectivity index (χ3n) is 3.84. The zero-order valence-electron chi connectivity index (χ0n) is 12.6. The Balaban J connectivity index is 2.36. The lowest BCUT2D eigenvalue weighted by Gasteiger charge is -2.26. The van der Waals surface area contributed by atoms with Crippen LogP contribution in [-0.4, -0.2) is 18.2 Å². The predicted octanol–water partition coefficient (Wildman–Crippen LogP) is 3.59. The number of carbonyl (C=O) groups is 1. The van der Waals surface area contributed by atoms with Crippen LogP contribution >= 0.6 is 0 Å². The summed E-state index contributed by atoms with van der Waals surface area (Å²) in [7, 11) is 1.61. The van der Waals surface area contributed by atoms with E-state index in [1.165, 1.54) is 0 Å². The van der Waals surface area contributed by atoms with E-state index in [0.717, 1.165) is 22.4 Å². The quantitative estimate of drug-likeness (QED) is 0.912. The summed E-state index contributed by atoms with van der Waals surface area (Å²) in [4.78, 5) is 11.8. The van der Waals surface area contributed by atoms with Gasteiger partial charge in [-0.25, -0.2) is 0 Å². The second kappa shape index (κ2) is 6.00. The van der Waals surface area contributed by atoms with Gasteiger partial charge in [0.1, 0.15) is 5.75 Å². The molecular formula is C18H20O3. The Kier molecular flexibility index (Phi) is 4.32. The van der Waals surface area contributed by atoms with Gasteiger partial charge in [-0.05, 0) is 43.5 Å². The van der Waals surface area contributed by atoms with Gasteiger partial charge in [-0.2, -0.15) is 0 Å². The maximum atomic E-state index is 11.8. The summed E-state index contributed by atoms with van der Waals surface area (Å²) in [5, 5.41) is 9.71. The van der Waals surface area contributed by atoms with Crippen LogP contribution in [0.3, 0.4) is 0 Å². The number of rotatable bonds is 5. The average Bonchev–Trinajstić information content (AvgIpc) is 2.47. The van der Waals surface area contributed by atoms with E-state index in [-0.39, 0.29) is 0 Å². The van der Waals surface area contributed by atoms with Crippen molar-refractivity contribution < 1.29 is 14.6 Å². The highest BCUT2D eigenvalue weighted by Crippen LogP contribution is 2.30. The fourth-order valence-corrected chi connectivity index (χ4v) is 2.44. The summed E-state index contributed by atoms with van der Waals surface area (Å²) < 4.78 is 5.13. The molecule has 0 amide bonds. The molecule has 0 radical (unpaired) electrons. The van der Waals surface area contributed by atoms with Gasteiger partial charge in [0.05, 0.1) is 12.5 Å². The standard InChI is InChI=1S/C18H20O3/c1-13-5-4-6-15(11-13)18(2,17(19)20)12-14-7-9-16(21-3)10-8-14/h4-11H,12H2,1-3H3,(H,19,20). The Bertz CT molecular complexity index is 631. The van der Waals surface area contributed by atoms with E-state index in [4.69, 9.17) is 4.74 Å². The van der Waals surface area contributed by atoms with Gasteiger partial charge < -0.3 is 9.84 Å². The summed E-state index contributed by atoms with van der Waals surface area (Å²) in [6, 6.07) is 15.2. The van der Waals surface area contributed by atoms with Crippen molar-refractivity contribution in [2.75, 3.05) is 7.11 Å².